The van der Waals surface area contributed by atoms with Gasteiger partial charge < -0.3 is 90.3 Å². The van der Waals surface area contributed by atoms with Gasteiger partial charge in [-0.2, -0.15) is 0 Å². The Morgan fingerprint density at radius 1 is 0.689 bits per heavy atom. The lowest BCUT2D eigenvalue weighted by molar-refractivity contribution is -0.375. The third-order valence-corrected chi connectivity index (χ3v) is 8.61. The van der Waals surface area contributed by atoms with E-state index in [0.717, 1.165) is 0 Å². The second-order valence-electron chi connectivity index (χ2n) is 11.5. The van der Waals surface area contributed by atoms with Gasteiger partial charge in [0.15, 0.2) is 25.0 Å². The Balaban J connectivity index is 1.45. The van der Waals surface area contributed by atoms with E-state index in [-0.39, 0.29) is 5.57 Å². The first kappa shape index (κ1) is 36.8. The smallest absolute Gasteiger partial charge is 0.189 e. The molecule has 0 spiro atoms. The van der Waals surface area contributed by atoms with E-state index in [1.54, 1.807) is 0 Å². The maximum Gasteiger partial charge on any atom is 0.189 e. The lowest BCUT2D eigenvalue weighted by atomic mass is 9.86. The highest BCUT2D eigenvalue weighted by Gasteiger charge is 2.54. The Bertz CT molecular complexity index is 978. The average molecular weight is 661 g/mol. The molecule has 0 aromatic carbocycles. The maximum absolute atomic E-state index is 11.1. The van der Waals surface area contributed by atoms with E-state index in [1.165, 1.54) is 13.0 Å². The minimum absolute atomic E-state index is 0.0327. The zero-order chi connectivity index (χ0) is 33.3. The fraction of sp³-hybridized carbons (Fsp3) is 0.920. The second kappa shape index (κ2) is 15.4. The van der Waals surface area contributed by atoms with Gasteiger partial charge in [0.1, 0.15) is 73.2 Å². The van der Waals surface area contributed by atoms with Crippen molar-refractivity contribution in [2.75, 3.05) is 19.8 Å². The van der Waals surface area contributed by atoms with E-state index in [0.29, 0.717) is 0 Å². The Morgan fingerprint density at radius 3 is 1.84 bits per heavy atom. The van der Waals surface area contributed by atoms with Crippen LogP contribution < -0.4 is 11.2 Å². The fourth-order valence-corrected chi connectivity index (χ4v) is 5.94. The number of aliphatic hydroxyl groups is 12. The maximum atomic E-state index is 11.1. The topological polar surface area (TPSA) is 336 Å². The fourth-order valence-electron chi connectivity index (χ4n) is 5.94. The second-order valence-corrected chi connectivity index (χ2v) is 11.5. The molecule has 20 nitrogen and oxygen atoms in total. The van der Waals surface area contributed by atoms with Crippen molar-refractivity contribution in [3.05, 3.63) is 11.6 Å². The molecule has 3 saturated heterocycles. The monoisotopic (exact) mass is 660 g/mol. The molecular weight excluding hydrogens is 616 g/mol. The first-order valence-corrected chi connectivity index (χ1v) is 14.3. The van der Waals surface area contributed by atoms with Gasteiger partial charge in [-0.1, -0.05) is 6.08 Å². The molecule has 262 valence electrons. The minimum Gasteiger partial charge on any atom is -0.394 e. The van der Waals surface area contributed by atoms with Crippen LogP contribution in [0.4, 0.5) is 0 Å². The van der Waals surface area contributed by atoms with Gasteiger partial charge in [0, 0.05) is 0 Å². The number of rotatable bonds is 10. The van der Waals surface area contributed by atoms with Crippen molar-refractivity contribution in [2.45, 2.75) is 123 Å². The summed E-state index contributed by atoms with van der Waals surface area (Å²) in [5.74, 6) is 5.43. The molecule has 4 rings (SSSR count). The lowest BCUT2D eigenvalue weighted by Crippen LogP contribution is -2.69. The molecule has 4 aliphatic rings. The van der Waals surface area contributed by atoms with Crippen LogP contribution in [0.1, 0.15) is 6.92 Å². The molecule has 3 heterocycles. The van der Waals surface area contributed by atoms with Crippen molar-refractivity contribution < 1.29 is 89.8 Å². The molecule has 0 bridgehead atoms. The molecule has 0 radical (unpaired) electrons. The molecule has 0 aromatic heterocycles. The summed E-state index contributed by atoms with van der Waals surface area (Å²) in [5, 5.41) is 126. The van der Waals surface area contributed by atoms with E-state index < -0.39 is 136 Å². The van der Waals surface area contributed by atoms with Crippen molar-refractivity contribution in [1.29, 1.82) is 0 Å². The third kappa shape index (κ3) is 7.35. The number of nitrogens with one attached hydrogen (secondary N) is 1. The normalized spacial score (nSPS) is 51.2. The van der Waals surface area contributed by atoms with Crippen LogP contribution in [0.15, 0.2) is 11.6 Å². The molecule has 20 heteroatoms. The molecule has 1 aliphatic carbocycles. The summed E-state index contributed by atoms with van der Waals surface area (Å²) in [6, 6.07) is -2.10. The molecule has 0 saturated carbocycles. The molecule has 0 amide bonds. The van der Waals surface area contributed by atoms with E-state index in [2.05, 4.69) is 5.32 Å². The van der Waals surface area contributed by atoms with Crippen molar-refractivity contribution in [1.82, 2.24) is 5.32 Å². The van der Waals surface area contributed by atoms with Crippen molar-refractivity contribution in [3.8, 4) is 0 Å². The summed E-state index contributed by atoms with van der Waals surface area (Å²) in [6.45, 7) is -0.704. The van der Waals surface area contributed by atoms with E-state index >= 15 is 0 Å². The highest BCUT2D eigenvalue weighted by atomic mass is 16.8. The zero-order valence-electron chi connectivity index (χ0n) is 24.1. The van der Waals surface area contributed by atoms with Gasteiger partial charge in [-0.05, 0) is 12.5 Å². The van der Waals surface area contributed by atoms with Crippen LogP contribution in [0.2, 0.25) is 0 Å². The third-order valence-electron chi connectivity index (χ3n) is 8.61. The summed E-state index contributed by atoms with van der Waals surface area (Å²) in [7, 11) is 0. The number of hydrogen-bond donors (Lipinski definition) is 14. The van der Waals surface area contributed by atoms with E-state index in [9.17, 15) is 61.3 Å². The van der Waals surface area contributed by atoms with Crippen LogP contribution in [0.3, 0.4) is 0 Å². The Morgan fingerprint density at radius 2 is 1.27 bits per heavy atom. The Hall–Kier alpha value is -1.06. The largest absolute Gasteiger partial charge is 0.394 e. The molecule has 3 fully saturated rings. The van der Waals surface area contributed by atoms with Gasteiger partial charge in [-0.3, -0.25) is 4.84 Å². The molecule has 19 atom stereocenters. The lowest BCUT2D eigenvalue weighted by Gasteiger charge is -2.49. The first-order chi connectivity index (χ1) is 21.3. The molecule has 0 unspecified atom stereocenters. The predicted octanol–water partition coefficient (Wildman–Crippen LogP) is -8.67. The van der Waals surface area contributed by atoms with E-state index in [4.69, 9.17) is 34.4 Å². The minimum atomic E-state index is -1.92. The van der Waals surface area contributed by atoms with Gasteiger partial charge in [0.25, 0.3) is 0 Å². The van der Waals surface area contributed by atoms with Gasteiger partial charge in [-0.25, -0.2) is 5.90 Å². The standard InChI is InChI=1S/C25H44N2O18/c1-6-11(27-8-2-7(3-28)12(31)15(34)13(8)32)14(33)22(45-26)25(40-6)44-21-10(5-30)42-24(19(38)17(21)36)43-20-9(4-29)41-23(39)18(37)16(20)35/h2,6,8-25,27-39H,3-5,26H2,1H3/t6-,8+,9-,10-,11-,12-,13+,14+,15+,16-,17-,18-,19-,20-,21-,22-,23-,24-,25-/m1/s1. The highest BCUT2D eigenvalue weighted by Crippen LogP contribution is 2.33. The van der Waals surface area contributed by atoms with E-state index in [1.807, 2.05) is 0 Å². The van der Waals surface area contributed by atoms with Gasteiger partial charge in [-0.15, -0.1) is 0 Å². The first-order valence-electron chi connectivity index (χ1n) is 14.3. The number of hydrogen-bond acceptors (Lipinski definition) is 20. The molecular formula is C25H44N2O18. The van der Waals surface area contributed by atoms with Crippen LogP contribution in [0.25, 0.3) is 0 Å². The summed E-state index contributed by atoms with van der Waals surface area (Å²) in [6.07, 6.45) is -25.9. The number of ether oxygens (including phenoxy) is 5. The summed E-state index contributed by atoms with van der Waals surface area (Å²) < 4.78 is 27.7. The van der Waals surface area contributed by atoms with Crippen molar-refractivity contribution in [3.63, 3.8) is 0 Å². The summed E-state index contributed by atoms with van der Waals surface area (Å²) in [5.41, 5.74) is 0.0327. The van der Waals surface area contributed by atoms with Gasteiger partial charge in [0.05, 0.1) is 38.0 Å². The summed E-state index contributed by atoms with van der Waals surface area (Å²) in [4.78, 5) is 4.91. The quantitative estimate of drug-likeness (QED) is 0.0763. The van der Waals surface area contributed by atoms with Crippen LogP contribution in [0.5, 0.6) is 0 Å². The number of nitrogens with two attached hydrogens (primary N) is 1. The van der Waals surface area contributed by atoms with Crippen LogP contribution in [0, 0.1) is 0 Å². The average Bonchev–Trinajstić information content (AvgIpc) is 3.02. The number of aliphatic hydroxyl groups excluding tert-OH is 12. The SMILES string of the molecule is C[C@H]1O[C@H](O[C@H]2[C@H](O)[C@@H](O)[C@@H](O[C@H]3[C@H](O)[C@@H](O)[C@H](O)O[C@@H]3CO)O[C@@H]2CO)[C@H](ON)[C@@H](O)[C@@H]1N[C@H]1C=C(CO)[C@@H](O)[C@H](O)[C@H]1O. The Kier molecular flexibility index (Phi) is 12.6. The molecule has 15 N–H and O–H groups in total. The molecule has 0 aromatic rings. The molecule has 3 aliphatic heterocycles. The van der Waals surface area contributed by atoms with Crippen molar-refractivity contribution in [2.24, 2.45) is 5.90 Å². The molecule has 45 heavy (non-hydrogen) atoms. The predicted molar refractivity (Wildman–Crippen MR) is 141 cm³/mol. The van der Waals surface area contributed by atoms with Crippen molar-refractivity contribution >= 4 is 0 Å². The van der Waals surface area contributed by atoms with Crippen LogP contribution in [-0.2, 0) is 28.5 Å². The summed E-state index contributed by atoms with van der Waals surface area (Å²) >= 11 is 0. The zero-order valence-corrected chi connectivity index (χ0v) is 24.1. The van der Waals surface area contributed by atoms with Gasteiger partial charge >= 0.3 is 0 Å². The Labute approximate surface area is 256 Å². The highest BCUT2D eigenvalue weighted by molar-refractivity contribution is 5.22. The van der Waals surface area contributed by atoms with Crippen LogP contribution in [-0.4, -0.2) is 198 Å². The van der Waals surface area contributed by atoms with Crippen LogP contribution >= 0.6 is 0 Å². The van der Waals surface area contributed by atoms with Gasteiger partial charge in [0.2, 0.25) is 0 Å².